The fourth-order valence-electron chi connectivity index (χ4n) is 1.58. The number of hydrogen-bond donors (Lipinski definition) is 2. The van der Waals surface area contributed by atoms with Gasteiger partial charge >= 0.3 is 6.09 Å². The first-order chi connectivity index (χ1) is 7.82. The van der Waals surface area contributed by atoms with Crippen LogP contribution in [-0.2, 0) is 4.74 Å². The number of hydrogen-bond acceptors (Lipinski definition) is 5. The van der Waals surface area contributed by atoms with Crippen molar-refractivity contribution in [1.29, 1.82) is 5.26 Å². The second kappa shape index (κ2) is 4.90. The Hall–Kier alpha value is -1.32. The Morgan fingerprint density at radius 2 is 2.18 bits per heavy atom. The van der Waals surface area contributed by atoms with Crippen LogP contribution in [0, 0.1) is 11.3 Å². The van der Waals surface area contributed by atoms with E-state index < -0.39 is 17.2 Å². The molecular weight excluding hydrogens is 222 g/mol. The van der Waals surface area contributed by atoms with E-state index in [2.05, 4.69) is 11.4 Å². The molecule has 0 aliphatic carbocycles. The minimum absolute atomic E-state index is 0.0319. The Labute approximate surface area is 101 Å². The predicted octanol–water partition coefficient (Wildman–Crippen LogP) is 0.0814. The van der Waals surface area contributed by atoms with Gasteiger partial charge in [-0.2, -0.15) is 5.26 Å². The molecule has 1 amide bonds. The average Bonchev–Trinajstić information content (AvgIpc) is 2.14. The van der Waals surface area contributed by atoms with Gasteiger partial charge in [0, 0.05) is 6.54 Å². The van der Waals surface area contributed by atoms with Crippen LogP contribution in [0.2, 0.25) is 0 Å². The van der Waals surface area contributed by atoms with Crippen molar-refractivity contribution in [3.63, 3.8) is 0 Å². The standard InChI is InChI=1S/C11H19N3O3/c1-10(2,3)17-9(16)14-7-11(6-12,8-14)13-4-5-15/h13,15H,4-5,7-8H2,1-3H3. The summed E-state index contributed by atoms with van der Waals surface area (Å²) in [5.74, 6) is 0. The van der Waals surface area contributed by atoms with E-state index in [9.17, 15) is 4.79 Å². The Kier molecular flexibility index (Phi) is 3.96. The summed E-state index contributed by atoms with van der Waals surface area (Å²) in [4.78, 5) is 13.1. The minimum atomic E-state index is -0.736. The number of likely N-dealkylation sites (tertiary alicyclic amines) is 1. The van der Waals surface area contributed by atoms with E-state index in [0.717, 1.165) is 0 Å². The Morgan fingerprint density at radius 3 is 2.59 bits per heavy atom. The number of carbonyl (C=O) groups excluding carboxylic acids is 1. The van der Waals surface area contributed by atoms with Crippen LogP contribution in [0.1, 0.15) is 20.8 Å². The lowest BCUT2D eigenvalue weighted by Gasteiger charge is -2.45. The number of nitriles is 1. The normalized spacial score (nSPS) is 18.2. The lowest BCUT2D eigenvalue weighted by Crippen LogP contribution is -2.70. The fourth-order valence-corrected chi connectivity index (χ4v) is 1.58. The molecule has 1 saturated heterocycles. The van der Waals surface area contributed by atoms with Crippen LogP contribution in [-0.4, -0.2) is 53.5 Å². The number of aliphatic hydroxyl groups excluding tert-OH is 1. The van der Waals surface area contributed by atoms with Crippen LogP contribution >= 0.6 is 0 Å². The van der Waals surface area contributed by atoms with E-state index in [4.69, 9.17) is 15.1 Å². The van der Waals surface area contributed by atoms with Gasteiger partial charge in [-0.05, 0) is 20.8 Å². The molecule has 1 aliphatic heterocycles. The van der Waals surface area contributed by atoms with Crippen LogP contribution in [0.25, 0.3) is 0 Å². The van der Waals surface area contributed by atoms with Crippen molar-refractivity contribution in [1.82, 2.24) is 10.2 Å². The van der Waals surface area contributed by atoms with Gasteiger partial charge in [0.1, 0.15) is 11.1 Å². The number of ether oxygens (including phenoxy) is 1. The van der Waals surface area contributed by atoms with Crippen molar-refractivity contribution in [2.24, 2.45) is 0 Å². The molecule has 1 rings (SSSR count). The molecule has 0 atom stereocenters. The number of nitrogens with zero attached hydrogens (tertiary/aromatic N) is 2. The van der Waals surface area contributed by atoms with Gasteiger partial charge in [0.25, 0.3) is 0 Å². The first-order valence-corrected chi connectivity index (χ1v) is 5.57. The summed E-state index contributed by atoms with van der Waals surface area (Å²) in [7, 11) is 0. The summed E-state index contributed by atoms with van der Waals surface area (Å²) in [5.41, 5.74) is -1.26. The molecule has 0 saturated carbocycles. The quantitative estimate of drug-likeness (QED) is 0.731. The van der Waals surface area contributed by atoms with Gasteiger partial charge < -0.3 is 14.7 Å². The molecule has 0 unspecified atom stereocenters. The van der Waals surface area contributed by atoms with Gasteiger partial charge in [0.2, 0.25) is 0 Å². The minimum Gasteiger partial charge on any atom is -0.444 e. The highest BCUT2D eigenvalue weighted by Crippen LogP contribution is 2.22. The van der Waals surface area contributed by atoms with Crippen molar-refractivity contribution in [3.8, 4) is 6.07 Å². The average molecular weight is 241 g/mol. The number of β-amino-alcohol motifs (C(OH)–C–C–N with tert-alkyl or cyclic N) is 1. The number of nitrogens with one attached hydrogen (secondary N) is 1. The predicted molar refractivity (Wildman–Crippen MR) is 61.2 cm³/mol. The largest absolute Gasteiger partial charge is 0.444 e. The number of carbonyl (C=O) groups is 1. The van der Waals surface area contributed by atoms with E-state index in [1.54, 1.807) is 20.8 Å². The molecule has 6 heteroatoms. The summed E-state index contributed by atoms with van der Waals surface area (Å²) in [6, 6.07) is 2.13. The fraction of sp³-hybridized carbons (Fsp3) is 0.818. The van der Waals surface area contributed by atoms with Crippen LogP contribution in [0.3, 0.4) is 0 Å². The summed E-state index contributed by atoms with van der Waals surface area (Å²) in [5, 5.41) is 20.6. The smallest absolute Gasteiger partial charge is 0.410 e. The van der Waals surface area contributed by atoms with Crippen LogP contribution in [0.15, 0.2) is 0 Å². The molecule has 0 radical (unpaired) electrons. The van der Waals surface area contributed by atoms with Gasteiger partial charge in [-0.15, -0.1) is 0 Å². The van der Waals surface area contributed by atoms with E-state index in [1.165, 1.54) is 4.90 Å². The van der Waals surface area contributed by atoms with Crippen LogP contribution in [0.4, 0.5) is 4.79 Å². The lowest BCUT2D eigenvalue weighted by atomic mass is 9.92. The topological polar surface area (TPSA) is 85.6 Å². The highest BCUT2D eigenvalue weighted by Gasteiger charge is 2.46. The summed E-state index contributed by atoms with van der Waals surface area (Å²) >= 11 is 0. The Morgan fingerprint density at radius 1 is 1.59 bits per heavy atom. The molecule has 0 aromatic heterocycles. The second-order valence-electron chi connectivity index (χ2n) is 5.18. The summed E-state index contributed by atoms with van der Waals surface area (Å²) < 4.78 is 5.18. The Balaban J connectivity index is 2.44. The van der Waals surface area contributed by atoms with Gasteiger partial charge in [0.05, 0.1) is 25.8 Å². The first-order valence-electron chi connectivity index (χ1n) is 5.57. The van der Waals surface area contributed by atoms with Gasteiger partial charge in [-0.3, -0.25) is 5.32 Å². The third-order valence-corrected chi connectivity index (χ3v) is 2.36. The zero-order valence-electron chi connectivity index (χ0n) is 10.5. The van der Waals surface area contributed by atoms with Crippen molar-refractivity contribution in [3.05, 3.63) is 0 Å². The molecule has 96 valence electrons. The molecule has 2 N–H and O–H groups in total. The van der Waals surface area contributed by atoms with Crippen molar-refractivity contribution < 1.29 is 14.6 Å². The Bertz CT molecular complexity index is 324. The molecule has 6 nitrogen and oxygen atoms in total. The van der Waals surface area contributed by atoms with E-state index in [-0.39, 0.29) is 6.61 Å². The highest BCUT2D eigenvalue weighted by molar-refractivity contribution is 5.70. The van der Waals surface area contributed by atoms with Crippen LogP contribution in [0.5, 0.6) is 0 Å². The molecule has 0 aromatic carbocycles. The maximum atomic E-state index is 11.6. The van der Waals surface area contributed by atoms with Crippen molar-refractivity contribution >= 4 is 6.09 Å². The van der Waals surface area contributed by atoms with E-state index in [0.29, 0.717) is 19.6 Å². The van der Waals surface area contributed by atoms with Gasteiger partial charge in [-0.25, -0.2) is 4.79 Å². The third-order valence-electron chi connectivity index (χ3n) is 2.36. The van der Waals surface area contributed by atoms with Crippen molar-refractivity contribution in [2.75, 3.05) is 26.2 Å². The zero-order valence-corrected chi connectivity index (χ0v) is 10.5. The van der Waals surface area contributed by atoms with E-state index in [1.807, 2.05) is 0 Å². The number of aliphatic hydroxyl groups is 1. The zero-order chi connectivity index (χ0) is 13.1. The number of rotatable bonds is 3. The summed E-state index contributed by atoms with van der Waals surface area (Å²) in [6.07, 6.45) is -0.408. The highest BCUT2D eigenvalue weighted by atomic mass is 16.6. The third kappa shape index (κ3) is 3.58. The molecule has 0 aromatic rings. The molecule has 1 fully saturated rings. The van der Waals surface area contributed by atoms with Crippen LogP contribution < -0.4 is 5.32 Å². The second-order valence-corrected chi connectivity index (χ2v) is 5.18. The molecule has 17 heavy (non-hydrogen) atoms. The van der Waals surface area contributed by atoms with Gasteiger partial charge in [0.15, 0.2) is 0 Å². The maximum Gasteiger partial charge on any atom is 0.410 e. The SMILES string of the molecule is CC(C)(C)OC(=O)N1CC(C#N)(NCCO)C1. The van der Waals surface area contributed by atoms with Crippen molar-refractivity contribution in [2.45, 2.75) is 31.9 Å². The molecular formula is C11H19N3O3. The molecule has 1 aliphatic rings. The summed E-state index contributed by atoms with van der Waals surface area (Å²) in [6.45, 7) is 6.28. The molecule has 0 spiro atoms. The van der Waals surface area contributed by atoms with Gasteiger partial charge in [-0.1, -0.05) is 0 Å². The molecule has 0 bridgehead atoms. The maximum absolute atomic E-state index is 11.6. The monoisotopic (exact) mass is 241 g/mol. The first kappa shape index (κ1) is 13.7. The number of amides is 1. The molecule has 1 heterocycles. The van der Waals surface area contributed by atoms with E-state index >= 15 is 0 Å². The lowest BCUT2D eigenvalue weighted by molar-refractivity contribution is -0.00534.